The predicted octanol–water partition coefficient (Wildman–Crippen LogP) is 19.5. The largest absolute Gasteiger partial charge is 0.501 e. The van der Waals surface area contributed by atoms with Crippen LogP contribution < -0.4 is 0 Å². The summed E-state index contributed by atoms with van der Waals surface area (Å²) in [6.07, 6.45) is 1.81. The van der Waals surface area contributed by atoms with Crippen LogP contribution in [0.2, 0.25) is 0 Å². The standard InChI is InChI=1S/C55H55N2O.C14H15N2.Ir/c1-30(2)38-25-42(31(3)4)52(43(26-38)32(5)6)39-27-44(33(7)8)53(45(28-39)34(9)10)57-49-19-15-14-18-48(49)56-55(57)41-23-20-35(11)51-47-24-37-22-21-36-16-12-13-17-40(36)46(37)29-50(47)58-54(41)51;1-14(2,3)12-9-10-15-13(16-12)11-7-5-4-6-8-11;/h12-22,24-34H,1-11H3;4-7,9-10H,1-3H3;/q2*-1;/i11D3;;. The molecule has 383 valence electrons. The number of imidazole rings is 1. The maximum absolute atomic E-state index is 8.69. The maximum atomic E-state index is 8.69. The number of hydrogen-bond donors (Lipinski definition) is 0. The Morgan fingerprint density at radius 1 is 0.613 bits per heavy atom. The summed E-state index contributed by atoms with van der Waals surface area (Å²) < 4.78 is 35.3. The molecule has 0 aliphatic carbocycles. The smallest absolute Gasteiger partial charge is 0.121 e. The first-order valence-electron chi connectivity index (χ1n) is 28.0. The minimum Gasteiger partial charge on any atom is -0.501 e. The summed E-state index contributed by atoms with van der Waals surface area (Å²) >= 11 is 0. The van der Waals surface area contributed by atoms with Crippen LogP contribution in [0.25, 0.3) is 94.1 Å². The van der Waals surface area contributed by atoms with Crippen LogP contribution in [-0.2, 0) is 25.5 Å². The number of rotatable bonds is 9. The van der Waals surface area contributed by atoms with E-state index in [0.717, 1.165) is 60.7 Å². The average Bonchev–Trinajstić information content (AvgIpc) is 4.20. The number of aryl methyl sites for hydroxylation is 1. The molecule has 0 atom stereocenters. The summed E-state index contributed by atoms with van der Waals surface area (Å²) in [6, 6.07) is 52.7. The molecule has 11 aromatic rings. The minimum absolute atomic E-state index is 0. The number of hydrogen-bond acceptors (Lipinski definition) is 4. The van der Waals surface area contributed by atoms with E-state index in [1.54, 1.807) is 6.07 Å². The Kier molecular flexibility index (Phi) is 13.9. The molecule has 3 aromatic heterocycles. The van der Waals surface area contributed by atoms with Gasteiger partial charge in [0.25, 0.3) is 0 Å². The second-order valence-corrected chi connectivity index (χ2v) is 22.6. The van der Waals surface area contributed by atoms with Crippen molar-refractivity contribution < 1.29 is 28.6 Å². The van der Waals surface area contributed by atoms with E-state index in [1.807, 2.05) is 54.7 Å². The third-order valence-corrected chi connectivity index (χ3v) is 14.6. The fourth-order valence-corrected chi connectivity index (χ4v) is 10.6. The molecule has 6 heteroatoms. The van der Waals surface area contributed by atoms with E-state index in [-0.39, 0.29) is 42.9 Å². The first-order chi connectivity index (χ1) is 36.6. The molecule has 11 rings (SSSR count). The molecule has 75 heavy (non-hydrogen) atoms. The molecule has 0 saturated heterocycles. The molecule has 0 amide bonds. The van der Waals surface area contributed by atoms with Crippen LogP contribution in [0.4, 0.5) is 0 Å². The molecule has 8 aromatic carbocycles. The van der Waals surface area contributed by atoms with E-state index in [4.69, 9.17) is 13.5 Å². The Morgan fingerprint density at radius 3 is 1.91 bits per heavy atom. The molecule has 0 N–H and O–H groups in total. The Bertz CT molecular complexity index is 3950. The van der Waals surface area contributed by atoms with Crippen LogP contribution in [0.1, 0.15) is 163 Å². The van der Waals surface area contributed by atoms with Crippen LogP contribution in [0.3, 0.4) is 0 Å². The zero-order valence-electron chi connectivity index (χ0n) is 48.7. The Morgan fingerprint density at radius 2 is 1.27 bits per heavy atom. The topological polar surface area (TPSA) is 56.7 Å². The van der Waals surface area contributed by atoms with Gasteiger partial charge in [-0.25, -0.2) is 0 Å². The minimum atomic E-state index is -2.40. The molecule has 3 heterocycles. The Labute approximate surface area is 462 Å². The molecule has 0 aliphatic rings. The molecule has 0 spiro atoms. The second-order valence-electron chi connectivity index (χ2n) is 22.6. The van der Waals surface area contributed by atoms with Gasteiger partial charge in [-0.3, -0.25) is 15.0 Å². The van der Waals surface area contributed by atoms with Crippen molar-refractivity contribution in [2.75, 3.05) is 0 Å². The first kappa shape index (κ1) is 49.2. The summed E-state index contributed by atoms with van der Waals surface area (Å²) in [5.41, 5.74) is 16.1. The number of furan rings is 1. The number of aromatic nitrogens is 4. The van der Waals surface area contributed by atoms with E-state index < -0.39 is 6.85 Å². The normalized spacial score (nSPS) is 12.9. The number of benzene rings is 8. The maximum Gasteiger partial charge on any atom is 0.121 e. The number of fused-ring (bicyclic) bond motifs is 7. The van der Waals surface area contributed by atoms with Gasteiger partial charge in [-0.05, 0) is 133 Å². The Balaban J connectivity index is 0.000000373. The van der Waals surface area contributed by atoms with E-state index in [1.165, 1.54) is 38.9 Å². The van der Waals surface area contributed by atoms with E-state index in [0.29, 0.717) is 45.7 Å². The summed E-state index contributed by atoms with van der Waals surface area (Å²) in [5, 5.41) is 5.68. The zero-order valence-corrected chi connectivity index (χ0v) is 48.1. The van der Waals surface area contributed by atoms with E-state index in [9.17, 15) is 0 Å². The van der Waals surface area contributed by atoms with Crippen molar-refractivity contribution in [3.8, 4) is 39.6 Å². The van der Waals surface area contributed by atoms with Gasteiger partial charge in [-0.15, -0.1) is 53.6 Å². The fourth-order valence-electron chi connectivity index (χ4n) is 10.6. The summed E-state index contributed by atoms with van der Waals surface area (Å²) in [4.78, 5) is 14.2. The monoisotopic (exact) mass is 1170 g/mol. The van der Waals surface area contributed by atoms with Crippen LogP contribution in [0.15, 0.2) is 144 Å². The van der Waals surface area contributed by atoms with Crippen molar-refractivity contribution in [3.63, 3.8) is 0 Å². The van der Waals surface area contributed by atoms with Gasteiger partial charge in [-0.1, -0.05) is 168 Å². The van der Waals surface area contributed by atoms with Crippen molar-refractivity contribution in [2.45, 2.75) is 132 Å². The fraction of sp³-hybridized carbons (Fsp3) is 0.290. The molecule has 0 saturated carbocycles. The number of para-hydroxylation sites is 2. The molecule has 0 unspecified atom stereocenters. The molecular weight excluding hydrogens is 1090 g/mol. The van der Waals surface area contributed by atoms with Gasteiger partial charge in [0.15, 0.2) is 0 Å². The van der Waals surface area contributed by atoms with Crippen LogP contribution in [0, 0.1) is 19.0 Å². The Hall–Kier alpha value is -6.72. The number of nitrogens with zero attached hydrogens (tertiary/aromatic N) is 4. The average molecular weight is 1170 g/mol. The van der Waals surface area contributed by atoms with Crippen LogP contribution in [-0.4, -0.2) is 19.5 Å². The molecule has 5 nitrogen and oxygen atoms in total. The van der Waals surface area contributed by atoms with Gasteiger partial charge in [0.1, 0.15) is 5.58 Å². The van der Waals surface area contributed by atoms with Gasteiger partial charge in [-0.2, -0.15) is 0 Å². The molecular formula is C69H70IrN4O-2. The third kappa shape index (κ3) is 10.0. The van der Waals surface area contributed by atoms with Gasteiger partial charge < -0.3 is 8.98 Å². The predicted molar refractivity (Wildman–Crippen MR) is 313 cm³/mol. The van der Waals surface area contributed by atoms with Gasteiger partial charge >= 0.3 is 0 Å². The molecule has 0 aliphatic heterocycles. The van der Waals surface area contributed by atoms with E-state index >= 15 is 0 Å². The first-order valence-corrected chi connectivity index (χ1v) is 26.5. The third-order valence-electron chi connectivity index (χ3n) is 14.6. The van der Waals surface area contributed by atoms with Gasteiger partial charge in [0.2, 0.25) is 0 Å². The molecule has 0 fully saturated rings. The summed E-state index contributed by atoms with van der Waals surface area (Å²) in [5.74, 6) is 2.86. The van der Waals surface area contributed by atoms with Crippen molar-refractivity contribution in [1.29, 1.82) is 0 Å². The van der Waals surface area contributed by atoms with Crippen molar-refractivity contribution in [1.82, 2.24) is 19.5 Å². The second kappa shape index (κ2) is 21.1. The van der Waals surface area contributed by atoms with Gasteiger partial charge in [0, 0.05) is 52.6 Å². The quantitative estimate of drug-likeness (QED) is 0.107. The molecule has 1 radical (unpaired) electrons. The van der Waals surface area contributed by atoms with Crippen LogP contribution in [0.5, 0.6) is 0 Å². The van der Waals surface area contributed by atoms with E-state index in [2.05, 4.69) is 196 Å². The molecule has 0 bridgehead atoms. The van der Waals surface area contributed by atoms with Crippen molar-refractivity contribution in [2.24, 2.45) is 0 Å². The SMILES string of the molecule is CC(C)(C)c1ccnc(-c2[c-]cccc2)n1.[2H]C([2H])([2H])c1c[c-]c(-c2nc3ccccc3n2-c2c(C(C)C)cc(-c3c(C(C)C)cc(C(C)C)cc3C(C)C)cc2C(C)C)c2oc3cc4c(ccc5ccccc54)cc3c12.[Ir]. The summed E-state index contributed by atoms with van der Waals surface area (Å²) in [6.45, 7) is 27.0. The van der Waals surface area contributed by atoms with Crippen LogP contribution >= 0.6 is 0 Å². The summed E-state index contributed by atoms with van der Waals surface area (Å²) in [7, 11) is 0. The van der Waals surface area contributed by atoms with Gasteiger partial charge in [0.05, 0.1) is 28.3 Å². The zero-order chi connectivity index (χ0) is 54.8. The van der Waals surface area contributed by atoms with Crippen molar-refractivity contribution in [3.05, 3.63) is 191 Å². The van der Waals surface area contributed by atoms with Crippen molar-refractivity contribution >= 4 is 54.5 Å².